The third-order valence-electron chi connectivity index (χ3n) is 3.44. The lowest BCUT2D eigenvalue weighted by molar-refractivity contribution is -0.274. The summed E-state index contributed by atoms with van der Waals surface area (Å²) in [6.45, 7) is 0.375. The Bertz CT molecular complexity index is 732. The van der Waals surface area contributed by atoms with Gasteiger partial charge in [0, 0.05) is 18.0 Å². The first-order chi connectivity index (χ1) is 11.4. The van der Waals surface area contributed by atoms with E-state index in [4.69, 9.17) is 4.74 Å². The average molecular weight is 338 g/mol. The van der Waals surface area contributed by atoms with Crippen LogP contribution in [0.2, 0.25) is 0 Å². The molecule has 1 atom stereocenters. The van der Waals surface area contributed by atoms with Crippen LogP contribution in [0.3, 0.4) is 0 Å². The van der Waals surface area contributed by atoms with E-state index in [1.165, 1.54) is 24.3 Å². The fraction of sp³-hybridized carbons (Fsp3) is 0.250. The van der Waals surface area contributed by atoms with E-state index in [9.17, 15) is 18.0 Å². The summed E-state index contributed by atoms with van der Waals surface area (Å²) < 4.78 is 45.6. The quantitative estimate of drug-likeness (QED) is 0.935. The van der Waals surface area contributed by atoms with Crippen molar-refractivity contribution in [1.82, 2.24) is 10.3 Å². The minimum absolute atomic E-state index is 0.0320. The van der Waals surface area contributed by atoms with Crippen molar-refractivity contribution in [3.63, 3.8) is 0 Å². The van der Waals surface area contributed by atoms with Crippen molar-refractivity contribution >= 4 is 5.91 Å². The third kappa shape index (κ3) is 4.02. The van der Waals surface area contributed by atoms with E-state index >= 15 is 0 Å². The first kappa shape index (κ1) is 16.3. The number of morpholine rings is 1. The number of nitrogens with one attached hydrogen (secondary N) is 1. The standard InChI is InChI=1S/C16H13F3N2O3/c17-16(18,19)24-13-3-1-10(2-4-13)11-5-12(7-20-6-11)14-8-23-9-15(22)21-14/h1-7,14H,8-9H2,(H,21,22). The van der Waals surface area contributed by atoms with Crippen LogP contribution in [0.15, 0.2) is 42.7 Å². The van der Waals surface area contributed by atoms with Gasteiger partial charge in [0.1, 0.15) is 12.4 Å². The molecule has 1 aliphatic rings. The number of carbonyl (C=O) groups excluding carboxylic acids is 1. The molecule has 1 aromatic heterocycles. The number of halogens is 3. The van der Waals surface area contributed by atoms with Crippen LogP contribution in [-0.2, 0) is 9.53 Å². The molecule has 1 aliphatic heterocycles. The molecule has 2 heterocycles. The Morgan fingerprint density at radius 2 is 1.92 bits per heavy atom. The first-order valence-corrected chi connectivity index (χ1v) is 7.09. The minimum atomic E-state index is -4.72. The lowest BCUT2D eigenvalue weighted by atomic mass is 10.0. The van der Waals surface area contributed by atoms with Crippen LogP contribution in [0, 0.1) is 0 Å². The molecule has 1 fully saturated rings. The summed E-state index contributed by atoms with van der Waals surface area (Å²) in [6, 6.07) is 7.01. The maximum absolute atomic E-state index is 12.2. The van der Waals surface area contributed by atoms with Gasteiger partial charge in [0.25, 0.3) is 0 Å². The van der Waals surface area contributed by atoms with E-state index in [0.29, 0.717) is 17.7 Å². The molecule has 126 valence electrons. The number of alkyl halides is 3. The highest BCUT2D eigenvalue weighted by Gasteiger charge is 2.31. The molecular formula is C16H13F3N2O3. The molecule has 0 spiro atoms. The lowest BCUT2D eigenvalue weighted by Crippen LogP contribution is -2.39. The fourth-order valence-corrected chi connectivity index (χ4v) is 2.38. The number of aromatic nitrogens is 1. The number of hydrogen-bond acceptors (Lipinski definition) is 4. The maximum atomic E-state index is 12.2. The van der Waals surface area contributed by atoms with Crippen LogP contribution in [0.25, 0.3) is 11.1 Å². The molecule has 1 unspecified atom stereocenters. The van der Waals surface area contributed by atoms with E-state index < -0.39 is 6.36 Å². The molecule has 0 radical (unpaired) electrons. The van der Waals surface area contributed by atoms with Crippen LogP contribution < -0.4 is 10.1 Å². The van der Waals surface area contributed by atoms with Gasteiger partial charge < -0.3 is 14.8 Å². The zero-order chi connectivity index (χ0) is 17.2. The second-order valence-corrected chi connectivity index (χ2v) is 5.21. The molecule has 5 nitrogen and oxygen atoms in total. The van der Waals surface area contributed by atoms with Crippen molar-refractivity contribution < 1.29 is 27.4 Å². The maximum Gasteiger partial charge on any atom is 0.573 e. The van der Waals surface area contributed by atoms with Gasteiger partial charge in [0.2, 0.25) is 5.91 Å². The lowest BCUT2D eigenvalue weighted by Gasteiger charge is -2.23. The molecular weight excluding hydrogens is 325 g/mol. The highest BCUT2D eigenvalue weighted by molar-refractivity contribution is 5.78. The van der Waals surface area contributed by atoms with Gasteiger partial charge in [-0.15, -0.1) is 13.2 Å². The van der Waals surface area contributed by atoms with Crippen molar-refractivity contribution in [1.29, 1.82) is 0 Å². The number of nitrogens with zero attached hydrogens (tertiary/aromatic N) is 1. The number of pyridine rings is 1. The third-order valence-corrected chi connectivity index (χ3v) is 3.44. The fourth-order valence-electron chi connectivity index (χ4n) is 2.38. The molecule has 2 aromatic rings. The Balaban J connectivity index is 1.79. The number of rotatable bonds is 3. The van der Waals surface area contributed by atoms with Gasteiger partial charge in [-0.2, -0.15) is 0 Å². The Kier molecular flexibility index (Phi) is 4.39. The topological polar surface area (TPSA) is 60.5 Å². The Hall–Kier alpha value is -2.61. The van der Waals surface area contributed by atoms with Crippen LogP contribution in [0.4, 0.5) is 13.2 Å². The second-order valence-electron chi connectivity index (χ2n) is 5.21. The summed E-state index contributed by atoms with van der Waals surface area (Å²) in [6.07, 6.45) is -1.51. The van der Waals surface area contributed by atoms with Crippen molar-refractivity contribution in [3.05, 3.63) is 48.3 Å². The molecule has 1 amide bonds. The van der Waals surface area contributed by atoms with E-state index in [1.54, 1.807) is 12.4 Å². The van der Waals surface area contributed by atoms with Crippen molar-refractivity contribution in [2.45, 2.75) is 12.4 Å². The number of carbonyl (C=O) groups is 1. The average Bonchev–Trinajstić information content (AvgIpc) is 2.54. The largest absolute Gasteiger partial charge is 0.573 e. The molecule has 1 saturated heterocycles. The summed E-state index contributed by atoms with van der Waals surface area (Å²) >= 11 is 0. The highest BCUT2D eigenvalue weighted by atomic mass is 19.4. The number of hydrogen-bond donors (Lipinski definition) is 1. The van der Waals surface area contributed by atoms with Gasteiger partial charge in [-0.3, -0.25) is 9.78 Å². The Labute approximate surface area is 135 Å². The summed E-state index contributed by atoms with van der Waals surface area (Å²) in [7, 11) is 0. The van der Waals surface area contributed by atoms with Gasteiger partial charge in [-0.25, -0.2) is 0 Å². The van der Waals surface area contributed by atoms with Gasteiger partial charge in [-0.05, 0) is 29.3 Å². The smallest absolute Gasteiger partial charge is 0.406 e. The van der Waals surface area contributed by atoms with Crippen molar-refractivity contribution in [3.8, 4) is 16.9 Å². The summed E-state index contributed by atoms with van der Waals surface area (Å²) in [5.41, 5.74) is 2.16. The summed E-state index contributed by atoms with van der Waals surface area (Å²) in [5, 5.41) is 2.80. The van der Waals surface area contributed by atoms with Crippen molar-refractivity contribution in [2.75, 3.05) is 13.2 Å². The normalized spacial score (nSPS) is 18.1. The predicted octanol–water partition coefficient (Wildman–Crippen LogP) is 2.83. The van der Waals surface area contributed by atoms with Gasteiger partial charge >= 0.3 is 6.36 Å². The molecule has 3 rings (SSSR count). The monoisotopic (exact) mass is 338 g/mol. The second kappa shape index (κ2) is 6.48. The summed E-state index contributed by atoms with van der Waals surface area (Å²) in [4.78, 5) is 15.5. The SMILES string of the molecule is O=C1COCC(c2cncc(-c3ccc(OC(F)(F)F)cc3)c2)N1. The Morgan fingerprint density at radius 1 is 1.17 bits per heavy atom. The number of amides is 1. The van der Waals surface area contributed by atoms with Crippen LogP contribution in [0.1, 0.15) is 11.6 Å². The van der Waals surface area contributed by atoms with Crippen LogP contribution in [0.5, 0.6) is 5.75 Å². The van der Waals surface area contributed by atoms with Gasteiger partial charge in [0.15, 0.2) is 0 Å². The zero-order valence-electron chi connectivity index (χ0n) is 12.3. The van der Waals surface area contributed by atoms with E-state index in [2.05, 4.69) is 15.0 Å². The van der Waals surface area contributed by atoms with Crippen LogP contribution >= 0.6 is 0 Å². The number of ether oxygens (including phenoxy) is 2. The molecule has 8 heteroatoms. The number of benzene rings is 1. The van der Waals surface area contributed by atoms with Gasteiger partial charge in [-0.1, -0.05) is 12.1 Å². The van der Waals surface area contributed by atoms with E-state index in [0.717, 1.165) is 5.56 Å². The predicted molar refractivity (Wildman–Crippen MR) is 78.1 cm³/mol. The molecule has 1 aromatic carbocycles. The highest BCUT2D eigenvalue weighted by Crippen LogP contribution is 2.27. The van der Waals surface area contributed by atoms with Crippen molar-refractivity contribution in [2.24, 2.45) is 0 Å². The van der Waals surface area contributed by atoms with E-state index in [-0.39, 0.29) is 24.3 Å². The molecule has 0 bridgehead atoms. The van der Waals surface area contributed by atoms with Crippen LogP contribution in [-0.4, -0.2) is 30.5 Å². The Morgan fingerprint density at radius 3 is 2.58 bits per heavy atom. The molecule has 24 heavy (non-hydrogen) atoms. The molecule has 0 aliphatic carbocycles. The molecule has 1 N–H and O–H groups in total. The zero-order valence-corrected chi connectivity index (χ0v) is 12.3. The summed E-state index contributed by atoms with van der Waals surface area (Å²) in [5.74, 6) is -0.492. The first-order valence-electron chi connectivity index (χ1n) is 7.09. The van der Waals surface area contributed by atoms with E-state index in [1.807, 2.05) is 6.07 Å². The van der Waals surface area contributed by atoms with Gasteiger partial charge in [0.05, 0.1) is 12.6 Å². The molecule has 0 saturated carbocycles. The minimum Gasteiger partial charge on any atom is -0.406 e.